The molecule has 1 saturated carbocycles. The Labute approximate surface area is 134 Å². The number of hydrogen-bond donors (Lipinski definition) is 0. The van der Waals surface area contributed by atoms with Crippen LogP contribution in [0.15, 0.2) is 17.3 Å². The quantitative estimate of drug-likeness (QED) is 0.800. The van der Waals surface area contributed by atoms with Gasteiger partial charge in [-0.15, -0.1) is 0 Å². The summed E-state index contributed by atoms with van der Waals surface area (Å²) in [6.45, 7) is 0.0314. The molecule has 1 fully saturated rings. The first-order valence-electron chi connectivity index (χ1n) is 8.20. The second kappa shape index (κ2) is 6.52. The average Bonchev–Trinajstić information content (AvgIpc) is 2.77. The van der Waals surface area contributed by atoms with Crippen molar-refractivity contribution in [3.8, 4) is 0 Å². The molecule has 0 saturated heterocycles. The first kappa shape index (κ1) is 15.7. The number of carbonyl (C=O) groups excluding carboxylic acids is 1. The van der Waals surface area contributed by atoms with Crippen LogP contribution in [-0.4, -0.2) is 43.2 Å². The van der Waals surface area contributed by atoms with Crippen LogP contribution in [0.5, 0.6) is 0 Å². The molecule has 2 aromatic rings. The maximum absolute atomic E-state index is 12.5. The van der Waals surface area contributed by atoms with Crippen molar-refractivity contribution in [3.63, 3.8) is 0 Å². The zero-order chi connectivity index (χ0) is 16.4. The molecule has 7 heteroatoms. The van der Waals surface area contributed by atoms with Crippen LogP contribution < -0.4 is 5.56 Å². The summed E-state index contributed by atoms with van der Waals surface area (Å²) < 4.78 is 2.93. The average molecular weight is 317 g/mol. The van der Waals surface area contributed by atoms with Gasteiger partial charge in [0.1, 0.15) is 18.3 Å². The number of aryl methyl sites for hydroxylation is 1. The molecule has 0 aliphatic heterocycles. The number of aromatic nitrogens is 4. The first-order valence-corrected chi connectivity index (χ1v) is 8.20. The Morgan fingerprint density at radius 1 is 1.30 bits per heavy atom. The molecule has 0 bridgehead atoms. The van der Waals surface area contributed by atoms with Crippen molar-refractivity contribution < 1.29 is 4.79 Å². The maximum atomic E-state index is 12.5. The van der Waals surface area contributed by atoms with Crippen LogP contribution in [0.4, 0.5) is 0 Å². The molecule has 0 radical (unpaired) electrons. The summed E-state index contributed by atoms with van der Waals surface area (Å²) in [6, 6.07) is 0.288. The van der Waals surface area contributed by atoms with Crippen molar-refractivity contribution in [2.45, 2.75) is 51.1 Å². The Morgan fingerprint density at radius 3 is 2.70 bits per heavy atom. The fourth-order valence-corrected chi connectivity index (χ4v) is 3.29. The Kier molecular flexibility index (Phi) is 4.45. The van der Waals surface area contributed by atoms with Crippen LogP contribution in [0.25, 0.3) is 11.0 Å². The minimum Gasteiger partial charge on any atom is -0.341 e. The number of nitrogens with zero attached hydrogens (tertiary/aromatic N) is 5. The second-order valence-electron chi connectivity index (χ2n) is 6.33. The molecule has 7 nitrogen and oxygen atoms in total. The lowest BCUT2D eigenvalue weighted by Crippen LogP contribution is -2.40. The third-order valence-corrected chi connectivity index (χ3v) is 4.79. The van der Waals surface area contributed by atoms with Gasteiger partial charge in [0, 0.05) is 20.1 Å². The van der Waals surface area contributed by atoms with E-state index in [9.17, 15) is 9.59 Å². The Morgan fingerprint density at radius 2 is 2.00 bits per heavy atom. The molecule has 124 valence electrons. The van der Waals surface area contributed by atoms with Crippen LogP contribution in [0, 0.1) is 0 Å². The van der Waals surface area contributed by atoms with E-state index in [0.29, 0.717) is 11.0 Å². The number of rotatable bonds is 3. The topological polar surface area (TPSA) is 73.0 Å². The van der Waals surface area contributed by atoms with Gasteiger partial charge in [0.05, 0.1) is 6.20 Å². The van der Waals surface area contributed by atoms with E-state index in [0.717, 1.165) is 12.8 Å². The molecular weight excluding hydrogens is 294 g/mol. The number of hydrogen-bond acceptors (Lipinski definition) is 4. The van der Waals surface area contributed by atoms with E-state index in [1.807, 2.05) is 11.9 Å². The predicted molar refractivity (Wildman–Crippen MR) is 87.0 cm³/mol. The standard InChI is InChI=1S/C16H23N5O2/c1-19(12-7-5-3-4-6-8-12)14(22)10-21-11-17-15-13(16(21)23)9-18-20(15)2/h9,11-12H,3-8,10H2,1-2H3. The van der Waals surface area contributed by atoms with Crippen LogP contribution in [-0.2, 0) is 18.4 Å². The van der Waals surface area contributed by atoms with Crippen LogP contribution >= 0.6 is 0 Å². The smallest absolute Gasteiger partial charge is 0.264 e. The summed E-state index contributed by atoms with van der Waals surface area (Å²) in [5.74, 6) is -0.0379. The highest BCUT2D eigenvalue weighted by Gasteiger charge is 2.22. The third-order valence-electron chi connectivity index (χ3n) is 4.79. The highest BCUT2D eigenvalue weighted by molar-refractivity contribution is 5.77. The summed E-state index contributed by atoms with van der Waals surface area (Å²) in [6.07, 6.45) is 9.88. The SMILES string of the molecule is CN(C(=O)Cn1cnc2c(cnn2C)c1=O)C1CCCCCC1. The monoisotopic (exact) mass is 317 g/mol. The molecule has 0 N–H and O–H groups in total. The molecule has 2 aromatic heterocycles. The summed E-state index contributed by atoms with van der Waals surface area (Å²) >= 11 is 0. The lowest BCUT2D eigenvalue weighted by Gasteiger charge is -2.27. The normalized spacial score (nSPS) is 16.4. The van der Waals surface area contributed by atoms with Gasteiger partial charge in [0.25, 0.3) is 5.56 Å². The highest BCUT2D eigenvalue weighted by Crippen LogP contribution is 2.21. The van der Waals surface area contributed by atoms with Crippen molar-refractivity contribution in [1.29, 1.82) is 0 Å². The van der Waals surface area contributed by atoms with Crippen LogP contribution in [0.1, 0.15) is 38.5 Å². The molecule has 1 aliphatic rings. The highest BCUT2D eigenvalue weighted by atomic mass is 16.2. The number of likely N-dealkylation sites (N-methyl/N-ethyl adjacent to an activating group) is 1. The van der Waals surface area contributed by atoms with E-state index in [4.69, 9.17) is 0 Å². The molecule has 0 spiro atoms. The van der Waals surface area contributed by atoms with E-state index in [-0.39, 0.29) is 24.1 Å². The number of amides is 1. The molecule has 23 heavy (non-hydrogen) atoms. The molecular formula is C16H23N5O2. The van der Waals surface area contributed by atoms with Crippen LogP contribution in [0.3, 0.4) is 0 Å². The van der Waals surface area contributed by atoms with Gasteiger partial charge in [-0.1, -0.05) is 25.7 Å². The lowest BCUT2D eigenvalue weighted by molar-refractivity contribution is -0.132. The molecule has 1 aliphatic carbocycles. The summed E-state index contributed by atoms with van der Waals surface area (Å²) in [4.78, 5) is 31.0. The molecule has 0 atom stereocenters. The molecule has 0 aromatic carbocycles. The van der Waals surface area contributed by atoms with E-state index in [1.54, 1.807) is 11.7 Å². The van der Waals surface area contributed by atoms with Crippen molar-refractivity contribution in [3.05, 3.63) is 22.9 Å². The van der Waals surface area contributed by atoms with Gasteiger partial charge in [-0.25, -0.2) is 4.98 Å². The predicted octanol–water partition coefficient (Wildman–Crippen LogP) is 1.31. The van der Waals surface area contributed by atoms with Gasteiger partial charge in [-0.05, 0) is 12.8 Å². The van der Waals surface area contributed by atoms with E-state index in [1.165, 1.54) is 42.8 Å². The van der Waals surface area contributed by atoms with E-state index >= 15 is 0 Å². The van der Waals surface area contributed by atoms with Crippen molar-refractivity contribution in [2.75, 3.05) is 7.05 Å². The summed E-state index contributed by atoms with van der Waals surface area (Å²) in [5.41, 5.74) is 0.321. The molecule has 2 heterocycles. The molecule has 0 unspecified atom stereocenters. The second-order valence-corrected chi connectivity index (χ2v) is 6.33. The zero-order valence-corrected chi connectivity index (χ0v) is 13.7. The zero-order valence-electron chi connectivity index (χ0n) is 13.7. The van der Waals surface area contributed by atoms with Crippen LogP contribution in [0.2, 0.25) is 0 Å². The van der Waals surface area contributed by atoms with Crippen molar-refractivity contribution in [1.82, 2.24) is 24.2 Å². The van der Waals surface area contributed by atoms with Gasteiger partial charge < -0.3 is 4.90 Å². The largest absolute Gasteiger partial charge is 0.341 e. The molecule has 1 amide bonds. The maximum Gasteiger partial charge on any atom is 0.264 e. The van der Waals surface area contributed by atoms with Gasteiger partial charge in [-0.3, -0.25) is 18.8 Å². The fourth-order valence-electron chi connectivity index (χ4n) is 3.29. The number of fused-ring (bicyclic) bond motifs is 1. The number of carbonyl (C=O) groups is 1. The van der Waals surface area contributed by atoms with Crippen molar-refractivity contribution in [2.24, 2.45) is 7.05 Å². The lowest BCUT2D eigenvalue weighted by atomic mass is 10.1. The minimum atomic E-state index is -0.217. The van der Waals surface area contributed by atoms with Gasteiger partial charge >= 0.3 is 0 Å². The van der Waals surface area contributed by atoms with E-state index < -0.39 is 0 Å². The Balaban J connectivity index is 1.77. The summed E-state index contributed by atoms with van der Waals surface area (Å²) in [7, 11) is 3.59. The van der Waals surface area contributed by atoms with Gasteiger partial charge in [-0.2, -0.15) is 5.10 Å². The fraction of sp³-hybridized carbons (Fsp3) is 0.625. The minimum absolute atomic E-state index is 0.0314. The first-order chi connectivity index (χ1) is 11.1. The van der Waals surface area contributed by atoms with Crippen molar-refractivity contribution >= 4 is 16.9 Å². The van der Waals surface area contributed by atoms with Gasteiger partial charge in [0.15, 0.2) is 5.65 Å². The Bertz CT molecular complexity index is 755. The Hall–Kier alpha value is -2.18. The van der Waals surface area contributed by atoms with Gasteiger partial charge in [0.2, 0.25) is 5.91 Å². The van der Waals surface area contributed by atoms with E-state index in [2.05, 4.69) is 10.1 Å². The summed E-state index contributed by atoms with van der Waals surface area (Å²) in [5, 5.41) is 4.49. The third kappa shape index (κ3) is 3.13. The molecule has 3 rings (SSSR count).